The van der Waals surface area contributed by atoms with Gasteiger partial charge < -0.3 is 15.0 Å². The lowest BCUT2D eigenvalue weighted by molar-refractivity contribution is 0.0693. The summed E-state index contributed by atoms with van der Waals surface area (Å²) in [5.74, 6) is 1.55. The van der Waals surface area contributed by atoms with Crippen molar-refractivity contribution in [1.82, 2.24) is 15.2 Å². The van der Waals surface area contributed by atoms with E-state index >= 15 is 0 Å². The van der Waals surface area contributed by atoms with Crippen molar-refractivity contribution in [3.8, 4) is 17.0 Å². The highest BCUT2D eigenvalue weighted by Crippen LogP contribution is 2.28. The van der Waals surface area contributed by atoms with Crippen molar-refractivity contribution >= 4 is 16.8 Å². The van der Waals surface area contributed by atoms with Crippen molar-refractivity contribution in [2.45, 2.75) is 12.8 Å². The van der Waals surface area contributed by atoms with Crippen molar-refractivity contribution in [3.05, 3.63) is 60.2 Å². The Morgan fingerprint density at radius 1 is 1.14 bits per heavy atom. The molecule has 150 valence electrons. The largest absolute Gasteiger partial charge is 0.497 e. The highest BCUT2D eigenvalue weighted by Gasteiger charge is 2.25. The minimum Gasteiger partial charge on any atom is -0.497 e. The van der Waals surface area contributed by atoms with E-state index in [0.717, 1.165) is 65.9 Å². The number of ether oxygens (including phenoxy) is 1. The van der Waals surface area contributed by atoms with E-state index < -0.39 is 0 Å². The fourth-order valence-electron chi connectivity index (χ4n) is 4.06. The first-order chi connectivity index (χ1) is 14.2. The van der Waals surface area contributed by atoms with Crippen LogP contribution in [0.25, 0.3) is 22.2 Å². The summed E-state index contributed by atoms with van der Waals surface area (Å²) < 4.78 is 5.26. The lowest BCUT2D eigenvalue weighted by Crippen LogP contribution is -2.40. The van der Waals surface area contributed by atoms with Gasteiger partial charge in [0.15, 0.2) is 0 Å². The number of para-hydroxylation sites is 1. The normalized spacial score (nSPS) is 14.9. The summed E-state index contributed by atoms with van der Waals surface area (Å²) in [6, 6.07) is 17.6. The molecule has 1 N–H and O–H groups in total. The van der Waals surface area contributed by atoms with Gasteiger partial charge in [0.2, 0.25) is 0 Å². The molecule has 1 saturated heterocycles. The average molecular weight is 389 g/mol. The van der Waals surface area contributed by atoms with Crippen LogP contribution in [-0.4, -0.2) is 49.6 Å². The number of methoxy groups -OCH3 is 1. The van der Waals surface area contributed by atoms with Crippen LogP contribution in [0.2, 0.25) is 0 Å². The highest BCUT2D eigenvalue weighted by atomic mass is 16.5. The Bertz CT molecular complexity index is 993. The second-order valence-electron chi connectivity index (χ2n) is 7.59. The minimum absolute atomic E-state index is 0.0984. The Labute approximate surface area is 171 Å². The van der Waals surface area contributed by atoms with Gasteiger partial charge in [-0.1, -0.05) is 18.2 Å². The van der Waals surface area contributed by atoms with Gasteiger partial charge in [-0.3, -0.25) is 4.79 Å². The van der Waals surface area contributed by atoms with Gasteiger partial charge in [0.05, 0.1) is 23.9 Å². The quantitative estimate of drug-likeness (QED) is 0.717. The molecule has 0 atom stereocenters. The van der Waals surface area contributed by atoms with Crippen molar-refractivity contribution in [2.24, 2.45) is 5.92 Å². The van der Waals surface area contributed by atoms with E-state index in [1.807, 2.05) is 66.5 Å². The summed E-state index contributed by atoms with van der Waals surface area (Å²) in [6.45, 7) is 2.63. The number of amides is 1. The Kier molecular flexibility index (Phi) is 5.76. The molecule has 4 rings (SSSR count). The smallest absolute Gasteiger partial charge is 0.254 e. The van der Waals surface area contributed by atoms with Gasteiger partial charge in [-0.05, 0) is 68.8 Å². The topological polar surface area (TPSA) is 54.5 Å². The summed E-state index contributed by atoms with van der Waals surface area (Å²) in [6.07, 6.45) is 2.09. The molecule has 5 heteroatoms. The molecule has 0 radical (unpaired) electrons. The SMILES string of the molecule is CNCC1CCN(C(=O)c2cc(-c3ccc(OC)cc3)nc3ccccc23)CC1. The minimum atomic E-state index is 0.0984. The Morgan fingerprint density at radius 3 is 2.55 bits per heavy atom. The first-order valence-corrected chi connectivity index (χ1v) is 10.2. The van der Waals surface area contributed by atoms with Crippen LogP contribution in [0.4, 0.5) is 0 Å². The van der Waals surface area contributed by atoms with Crippen LogP contribution in [0.15, 0.2) is 54.6 Å². The summed E-state index contributed by atoms with van der Waals surface area (Å²) in [4.78, 5) is 20.2. The third-order valence-electron chi connectivity index (χ3n) is 5.73. The molecule has 29 heavy (non-hydrogen) atoms. The number of pyridine rings is 1. The zero-order chi connectivity index (χ0) is 20.2. The van der Waals surface area contributed by atoms with E-state index in [0.29, 0.717) is 5.92 Å². The Balaban J connectivity index is 1.68. The van der Waals surface area contributed by atoms with Crippen LogP contribution in [0.5, 0.6) is 5.75 Å². The Hall–Kier alpha value is -2.92. The number of fused-ring (bicyclic) bond motifs is 1. The van der Waals surface area contributed by atoms with Gasteiger partial charge in [-0.25, -0.2) is 4.98 Å². The van der Waals surface area contributed by atoms with Crippen LogP contribution >= 0.6 is 0 Å². The molecular formula is C24H27N3O2. The predicted molar refractivity (Wildman–Crippen MR) is 116 cm³/mol. The van der Waals surface area contributed by atoms with E-state index in [-0.39, 0.29) is 5.91 Å². The molecule has 1 aliphatic rings. The number of hydrogen-bond acceptors (Lipinski definition) is 4. The third-order valence-corrected chi connectivity index (χ3v) is 5.73. The first kappa shape index (κ1) is 19.4. The van der Waals surface area contributed by atoms with Crippen molar-refractivity contribution in [1.29, 1.82) is 0 Å². The summed E-state index contributed by atoms with van der Waals surface area (Å²) in [5.41, 5.74) is 3.35. The van der Waals surface area contributed by atoms with E-state index in [2.05, 4.69) is 5.32 Å². The second-order valence-corrected chi connectivity index (χ2v) is 7.59. The summed E-state index contributed by atoms with van der Waals surface area (Å²) >= 11 is 0. The van der Waals surface area contributed by atoms with Crippen LogP contribution in [-0.2, 0) is 0 Å². The van der Waals surface area contributed by atoms with Crippen molar-refractivity contribution < 1.29 is 9.53 Å². The maximum absolute atomic E-state index is 13.4. The van der Waals surface area contributed by atoms with Gasteiger partial charge in [0.1, 0.15) is 5.75 Å². The predicted octanol–water partition coefficient (Wildman–Crippen LogP) is 3.98. The van der Waals surface area contributed by atoms with Gasteiger partial charge in [0, 0.05) is 24.0 Å². The van der Waals surface area contributed by atoms with Crippen molar-refractivity contribution in [2.75, 3.05) is 33.8 Å². The van der Waals surface area contributed by atoms with E-state index in [9.17, 15) is 4.79 Å². The number of likely N-dealkylation sites (tertiary alicyclic amines) is 1. The third kappa shape index (κ3) is 4.10. The monoisotopic (exact) mass is 389 g/mol. The molecule has 1 aromatic heterocycles. The molecule has 3 aromatic rings. The number of aromatic nitrogens is 1. The number of carbonyl (C=O) groups is 1. The number of benzene rings is 2. The van der Waals surface area contributed by atoms with E-state index in [1.165, 1.54) is 0 Å². The fourth-order valence-corrected chi connectivity index (χ4v) is 4.06. The molecule has 0 unspecified atom stereocenters. The summed E-state index contributed by atoms with van der Waals surface area (Å²) in [7, 11) is 3.64. The molecule has 0 saturated carbocycles. The van der Waals surface area contributed by atoms with Gasteiger partial charge in [-0.2, -0.15) is 0 Å². The first-order valence-electron chi connectivity index (χ1n) is 10.2. The molecule has 1 fully saturated rings. The molecule has 0 spiro atoms. The molecule has 0 bridgehead atoms. The lowest BCUT2D eigenvalue weighted by Gasteiger charge is -2.32. The molecule has 1 amide bonds. The fraction of sp³-hybridized carbons (Fsp3) is 0.333. The molecule has 0 aliphatic carbocycles. The number of hydrogen-bond donors (Lipinski definition) is 1. The van der Waals surface area contributed by atoms with Gasteiger partial charge >= 0.3 is 0 Å². The lowest BCUT2D eigenvalue weighted by atomic mass is 9.95. The van der Waals surface area contributed by atoms with Crippen LogP contribution in [0.1, 0.15) is 23.2 Å². The number of nitrogens with zero attached hydrogens (tertiary/aromatic N) is 2. The number of carbonyl (C=O) groups excluding carboxylic acids is 1. The van der Waals surface area contributed by atoms with Crippen molar-refractivity contribution in [3.63, 3.8) is 0 Å². The van der Waals surface area contributed by atoms with E-state index in [1.54, 1.807) is 7.11 Å². The second kappa shape index (κ2) is 8.62. The highest BCUT2D eigenvalue weighted by molar-refractivity contribution is 6.07. The number of piperidine rings is 1. The maximum atomic E-state index is 13.4. The van der Waals surface area contributed by atoms with Crippen LogP contribution in [0, 0.1) is 5.92 Å². The van der Waals surface area contributed by atoms with Crippen LogP contribution < -0.4 is 10.1 Å². The van der Waals surface area contributed by atoms with Gasteiger partial charge in [0.25, 0.3) is 5.91 Å². The maximum Gasteiger partial charge on any atom is 0.254 e. The molecule has 2 aromatic carbocycles. The average Bonchev–Trinajstić information content (AvgIpc) is 2.78. The van der Waals surface area contributed by atoms with E-state index in [4.69, 9.17) is 9.72 Å². The zero-order valence-electron chi connectivity index (χ0n) is 17.0. The zero-order valence-corrected chi connectivity index (χ0v) is 17.0. The van der Waals surface area contributed by atoms with Gasteiger partial charge in [-0.15, -0.1) is 0 Å². The standard InChI is InChI=1S/C24H27N3O2/c1-25-16-17-11-13-27(14-12-17)24(28)21-15-23(18-7-9-19(29-2)10-8-18)26-22-6-4-3-5-20(21)22/h3-10,15,17,25H,11-14,16H2,1-2H3. The van der Waals surface area contributed by atoms with Crippen LogP contribution in [0.3, 0.4) is 0 Å². The molecular weight excluding hydrogens is 362 g/mol. The molecule has 5 nitrogen and oxygen atoms in total. The number of nitrogens with one attached hydrogen (secondary N) is 1. The molecule has 1 aliphatic heterocycles. The number of rotatable bonds is 5. The molecule has 2 heterocycles. The summed E-state index contributed by atoms with van der Waals surface area (Å²) in [5, 5.41) is 4.16. The Morgan fingerprint density at radius 2 is 1.86 bits per heavy atom.